The van der Waals surface area contributed by atoms with Crippen LogP contribution in [0.15, 0.2) is 48.5 Å². The van der Waals surface area contributed by atoms with Crippen LogP contribution in [0.5, 0.6) is 0 Å². The topological polar surface area (TPSA) is 66.5 Å². The first kappa shape index (κ1) is 15.0. The third-order valence-electron chi connectivity index (χ3n) is 3.91. The summed E-state index contributed by atoms with van der Waals surface area (Å²) in [5, 5.41) is 2.77. The van der Waals surface area contributed by atoms with Crippen LogP contribution in [0.2, 0.25) is 0 Å². The molecule has 1 atom stereocenters. The van der Waals surface area contributed by atoms with E-state index >= 15 is 0 Å². The molecule has 116 valence electrons. The van der Waals surface area contributed by atoms with Crippen LogP contribution < -0.4 is 10.2 Å². The minimum absolute atomic E-state index is 0.340. The number of anilines is 2. The molecule has 3 rings (SSSR count). The number of para-hydroxylation sites is 1. The van der Waals surface area contributed by atoms with E-state index in [9.17, 15) is 14.4 Å². The van der Waals surface area contributed by atoms with Gasteiger partial charge in [-0.3, -0.25) is 19.3 Å². The summed E-state index contributed by atoms with van der Waals surface area (Å²) in [6.07, 6.45) is 0. The minimum atomic E-state index is -0.781. The lowest BCUT2D eigenvalue weighted by atomic mass is 10.1. The molecule has 1 aliphatic heterocycles. The summed E-state index contributed by atoms with van der Waals surface area (Å²) in [6, 6.07) is 13.3. The van der Waals surface area contributed by atoms with E-state index in [2.05, 4.69) is 5.32 Å². The Morgan fingerprint density at radius 1 is 1.04 bits per heavy atom. The summed E-state index contributed by atoms with van der Waals surface area (Å²) in [6.45, 7) is 3.57. The molecule has 5 nitrogen and oxygen atoms in total. The number of rotatable bonds is 3. The maximum atomic E-state index is 12.4. The summed E-state index contributed by atoms with van der Waals surface area (Å²) < 4.78 is 0. The van der Waals surface area contributed by atoms with Gasteiger partial charge < -0.3 is 5.32 Å². The smallest absolute Gasteiger partial charge is 0.300 e. The lowest BCUT2D eigenvalue weighted by Gasteiger charge is -2.23. The van der Waals surface area contributed by atoms with Gasteiger partial charge >= 0.3 is 0 Å². The molecule has 0 fully saturated rings. The van der Waals surface area contributed by atoms with Gasteiger partial charge in [0.2, 0.25) is 5.91 Å². The fourth-order valence-electron chi connectivity index (χ4n) is 2.60. The lowest BCUT2D eigenvalue weighted by molar-refractivity contribution is -0.120. The number of ketones is 1. The number of fused-ring (bicyclic) bond motifs is 1. The van der Waals surface area contributed by atoms with E-state index in [0.29, 0.717) is 16.9 Å². The standard InChI is InChI=1S/C18H16N2O3/c1-11-7-9-13(10-8-11)19-17(22)12(2)20-15-6-4-3-5-14(15)16(21)18(20)23/h3-10,12H,1-2H3,(H,19,22). The molecule has 1 unspecified atom stereocenters. The number of Topliss-reactive ketones (excluding diaryl/α,β-unsaturated/α-hetero) is 1. The highest BCUT2D eigenvalue weighted by atomic mass is 16.2. The molecule has 23 heavy (non-hydrogen) atoms. The van der Waals surface area contributed by atoms with Crippen molar-refractivity contribution in [2.75, 3.05) is 10.2 Å². The van der Waals surface area contributed by atoms with E-state index in [4.69, 9.17) is 0 Å². The molecule has 2 aromatic carbocycles. The average molecular weight is 308 g/mol. The van der Waals surface area contributed by atoms with E-state index in [1.54, 1.807) is 43.3 Å². The Labute approximate surface area is 133 Å². The second kappa shape index (κ2) is 5.68. The molecule has 0 bridgehead atoms. The van der Waals surface area contributed by atoms with Gasteiger partial charge in [-0.05, 0) is 38.1 Å². The second-order valence-corrected chi connectivity index (χ2v) is 5.55. The van der Waals surface area contributed by atoms with Crippen molar-refractivity contribution in [3.05, 3.63) is 59.7 Å². The fourth-order valence-corrected chi connectivity index (χ4v) is 2.60. The molecule has 2 amide bonds. The number of nitrogens with zero attached hydrogens (tertiary/aromatic N) is 1. The highest BCUT2D eigenvalue weighted by molar-refractivity contribution is 6.52. The number of nitrogens with one attached hydrogen (secondary N) is 1. The van der Waals surface area contributed by atoms with Crippen molar-refractivity contribution < 1.29 is 14.4 Å². The number of hydrogen-bond donors (Lipinski definition) is 1. The van der Waals surface area contributed by atoms with E-state index in [1.165, 1.54) is 4.90 Å². The van der Waals surface area contributed by atoms with Gasteiger partial charge in [-0.15, -0.1) is 0 Å². The molecule has 1 N–H and O–H groups in total. The monoisotopic (exact) mass is 308 g/mol. The van der Waals surface area contributed by atoms with Crippen LogP contribution in [0.1, 0.15) is 22.8 Å². The third kappa shape index (κ3) is 2.61. The van der Waals surface area contributed by atoms with Crippen LogP contribution in [0, 0.1) is 6.92 Å². The van der Waals surface area contributed by atoms with E-state index in [0.717, 1.165) is 5.56 Å². The van der Waals surface area contributed by atoms with Gasteiger partial charge in [0.25, 0.3) is 11.7 Å². The maximum absolute atomic E-state index is 12.4. The fraction of sp³-hybridized carbons (Fsp3) is 0.167. The summed E-state index contributed by atoms with van der Waals surface area (Å²) in [4.78, 5) is 37.9. The van der Waals surface area contributed by atoms with E-state index in [-0.39, 0.29) is 5.91 Å². The van der Waals surface area contributed by atoms with Gasteiger partial charge in [-0.1, -0.05) is 29.8 Å². The van der Waals surface area contributed by atoms with Crippen molar-refractivity contribution in [1.82, 2.24) is 0 Å². The highest BCUT2D eigenvalue weighted by Gasteiger charge is 2.40. The number of amides is 2. The Bertz CT molecular complexity index is 796. The molecule has 0 aliphatic carbocycles. The first-order chi connectivity index (χ1) is 11.0. The largest absolute Gasteiger partial charge is 0.324 e. The first-order valence-electron chi connectivity index (χ1n) is 7.33. The molecular formula is C18H16N2O3. The highest BCUT2D eigenvalue weighted by Crippen LogP contribution is 2.30. The summed E-state index contributed by atoms with van der Waals surface area (Å²) in [5.74, 6) is -1.58. The van der Waals surface area contributed by atoms with Crippen LogP contribution in [0.3, 0.4) is 0 Å². The first-order valence-corrected chi connectivity index (χ1v) is 7.33. The van der Waals surface area contributed by atoms with Crippen LogP contribution in [0.25, 0.3) is 0 Å². The number of benzene rings is 2. The SMILES string of the molecule is Cc1ccc(NC(=O)C(C)N2C(=O)C(=O)c3ccccc32)cc1. The molecule has 0 aromatic heterocycles. The van der Waals surface area contributed by atoms with Crippen molar-refractivity contribution in [2.45, 2.75) is 19.9 Å². The van der Waals surface area contributed by atoms with Crippen molar-refractivity contribution in [2.24, 2.45) is 0 Å². The number of carbonyl (C=O) groups excluding carboxylic acids is 3. The van der Waals surface area contributed by atoms with Gasteiger partial charge in [0.05, 0.1) is 11.3 Å². The molecule has 5 heteroatoms. The van der Waals surface area contributed by atoms with Gasteiger partial charge in [-0.25, -0.2) is 0 Å². The van der Waals surface area contributed by atoms with Crippen molar-refractivity contribution in [3.8, 4) is 0 Å². The number of hydrogen-bond acceptors (Lipinski definition) is 3. The Morgan fingerprint density at radius 2 is 1.70 bits per heavy atom. The Hall–Kier alpha value is -2.95. The predicted octanol–water partition coefficient (Wildman–Crippen LogP) is 2.55. The van der Waals surface area contributed by atoms with Crippen molar-refractivity contribution >= 4 is 29.0 Å². The lowest BCUT2D eigenvalue weighted by Crippen LogP contribution is -2.45. The number of carbonyl (C=O) groups is 3. The maximum Gasteiger partial charge on any atom is 0.300 e. The second-order valence-electron chi connectivity index (χ2n) is 5.55. The van der Waals surface area contributed by atoms with Crippen LogP contribution in [-0.4, -0.2) is 23.6 Å². The van der Waals surface area contributed by atoms with E-state index in [1.807, 2.05) is 19.1 Å². The van der Waals surface area contributed by atoms with Crippen LogP contribution >= 0.6 is 0 Å². The molecule has 0 saturated carbocycles. The summed E-state index contributed by atoms with van der Waals surface area (Å²) in [5.41, 5.74) is 2.56. The van der Waals surface area contributed by atoms with Gasteiger partial charge in [-0.2, -0.15) is 0 Å². The van der Waals surface area contributed by atoms with E-state index < -0.39 is 17.7 Å². The molecule has 0 saturated heterocycles. The van der Waals surface area contributed by atoms with Crippen LogP contribution in [0.4, 0.5) is 11.4 Å². The van der Waals surface area contributed by atoms with Gasteiger partial charge in [0.1, 0.15) is 6.04 Å². The molecule has 1 heterocycles. The predicted molar refractivity (Wildman–Crippen MR) is 87.5 cm³/mol. The normalized spacial score (nSPS) is 14.6. The zero-order valence-corrected chi connectivity index (χ0v) is 12.9. The summed E-state index contributed by atoms with van der Waals surface area (Å²) >= 11 is 0. The zero-order chi connectivity index (χ0) is 16.6. The molecule has 0 radical (unpaired) electrons. The van der Waals surface area contributed by atoms with Crippen LogP contribution in [-0.2, 0) is 9.59 Å². The average Bonchev–Trinajstić information content (AvgIpc) is 2.81. The molecular weight excluding hydrogens is 292 g/mol. The molecule has 2 aromatic rings. The zero-order valence-electron chi connectivity index (χ0n) is 12.9. The quantitative estimate of drug-likeness (QED) is 0.886. The van der Waals surface area contributed by atoms with Crippen molar-refractivity contribution in [1.29, 1.82) is 0 Å². The molecule has 1 aliphatic rings. The minimum Gasteiger partial charge on any atom is -0.324 e. The Kier molecular flexibility index (Phi) is 3.70. The Morgan fingerprint density at radius 3 is 2.39 bits per heavy atom. The van der Waals surface area contributed by atoms with Gasteiger partial charge in [0, 0.05) is 5.69 Å². The molecule has 0 spiro atoms. The van der Waals surface area contributed by atoms with Crippen molar-refractivity contribution in [3.63, 3.8) is 0 Å². The van der Waals surface area contributed by atoms with Gasteiger partial charge in [0.15, 0.2) is 0 Å². The Balaban J connectivity index is 1.84. The third-order valence-corrected chi connectivity index (χ3v) is 3.91. The summed E-state index contributed by atoms with van der Waals surface area (Å²) in [7, 11) is 0. The number of aryl methyl sites for hydroxylation is 1.